The van der Waals surface area contributed by atoms with Crippen LogP contribution < -0.4 is 11.1 Å². The van der Waals surface area contributed by atoms with Gasteiger partial charge in [-0.2, -0.15) is 0 Å². The van der Waals surface area contributed by atoms with E-state index in [0.29, 0.717) is 11.5 Å². The second-order valence-corrected chi connectivity index (χ2v) is 5.64. The second kappa shape index (κ2) is 5.02. The van der Waals surface area contributed by atoms with E-state index in [1.165, 1.54) is 12.1 Å². The van der Waals surface area contributed by atoms with E-state index in [4.69, 9.17) is 5.73 Å². The molecule has 21 heavy (non-hydrogen) atoms. The summed E-state index contributed by atoms with van der Waals surface area (Å²) < 4.78 is 14.5. The van der Waals surface area contributed by atoms with E-state index in [1.54, 1.807) is 17.4 Å². The highest BCUT2D eigenvalue weighted by molar-refractivity contribution is 7.23. The van der Waals surface area contributed by atoms with E-state index < -0.39 is 0 Å². The van der Waals surface area contributed by atoms with Gasteiger partial charge in [-0.25, -0.2) is 9.38 Å². The van der Waals surface area contributed by atoms with Crippen molar-refractivity contribution < 1.29 is 4.39 Å². The molecular weight excluding hydrogens is 309 g/mol. The molecule has 1 aliphatic rings. The van der Waals surface area contributed by atoms with E-state index in [1.807, 2.05) is 18.2 Å². The molecule has 0 radical (unpaired) electrons. The maximum Gasteiger partial charge on any atom is 0.135 e. The molecule has 4 rings (SSSR count). The minimum atomic E-state index is -0.322. The Kier molecular flexibility index (Phi) is 3.31. The topological polar surface area (TPSA) is 50.4 Å². The fourth-order valence-corrected chi connectivity index (χ4v) is 3.52. The van der Waals surface area contributed by atoms with Gasteiger partial charge in [0.15, 0.2) is 0 Å². The number of benzene rings is 2. The van der Waals surface area contributed by atoms with Crippen LogP contribution in [0, 0.1) is 5.82 Å². The third-order valence-electron chi connectivity index (χ3n) is 3.30. The molecule has 106 valence electrons. The van der Waals surface area contributed by atoms with E-state index in [0.717, 1.165) is 26.3 Å². The van der Waals surface area contributed by atoms with Crippen LogP contribution in [0.4, 0.5) is 20.8 Å². The Morgan fingerprint density at radius 1 is 1.14 bits per heavy atom. The Labute approximate surface area is 130 Å². The van der Waals surface area contributed by atoms with Gasteiger partial charge in [0.05, 0.1) is 16.9 Å². The predicted octanol–water partition coefficient (Wildman–Crippen LogP) is 4.56. The van der Waals surface area contributed by atoms with Gasteiger partial charge in [-0.15, -0.1) is 23.7 Å². The summed E-state index contributed by atoms with van der Waals surface area (Å²) >= 11 is 1.62. The molecule has 3 nitrogen and oxygen atoms in total. The van der Waals surface area contributed by atoms with Crippen LogP contribution in [-0.2, 0) is 0 Å². The number of nitrogens with zero attached hydrogens (tertiary/aromatic N) is 1. The standard InChI is InChI=1S/C15H10FN3S.ClH/c16-8-5-6-10-11(7-8)18-14(17)13-9-3-1-2-4-12(9)20-15(13)19-10;/h1-7,19H,(H2,17,18);1H. The zero-order valence-corrected chi connectivity index (χ0v) is 12.4. The molecular formula is C15H11ClFN3S. The Bertz CT molecular complexity index is 872. The van der Waals surface area contributed by atoms with Crippen molar-refractivity contribution in [2.75, 3.05) is 5.32 Å². The normalized spacial score (nSPS) is 12.5. The van der Waals surface area contributed by atoms with Crippen molar-refractivity contribution in [1.82, 2.24) is 0 Å². The number of hydrogen-bond acceptors (Lipinski definition) is 4. The van der Waals surface area contributed by atoms with Crippen LogP contribution >= 0.6 is 23.7 Å². The fourth-order valence-electron chi connectivity index (χ4n) is 2.40. The van der Waals surface area contributed by atoms with Crippen molar-refractivity contribution in [3.63, 3.8) is 0 Å². The van der Waals surface area contributed by atoms with Crippen LogP contribution in [-0.4, -0.2) is 5.84 Å². The molecule has 0 bridgehead atoms. The quantitative estimate of drug-likeness (QED) is 0.638. The fraction of sp³-hybridized carbons (Fsp3) is 0. The number of hydrogen-bond donors (Lipinski definition) is 2. The number of aliphatic imine (C=N–C) groups is 1. The number of halogens is 2. The first-order chi connectivity index (χ1) is 9.72. The summed E-state index contributed by atoms with van der Waals surface area (Å²) in [6.45, 7) is 0. The Balaban J connectivity index is 0.00000132. The number of nitrogens with one attached hydrogen (secondary N) is 1. The number of anilines is 2. The third kappa shape index (κ3) is 2.14. The Morgan fingerprint density at radius 3 is 2.81 bits per heavy atom. The molecule has 0 spiro atoms. The van der Waals surface area contributed by atoms with Crippen LogP contribution in [0.2, 0.25) is 0 Å². The molecule has 2 heterocycles. The molecule has 0 unspecified atom stereocenters. The van der Waals surface area contributed by atoms with Gasteiger partial charge in [-0.3, -0.25) is 0 Å². The van der Waals surface area contributed by atoms with E-state index in [9.17, 15) is 4.39 Å². The van der Waals surface area contributed by atoms with E-state index in [-0.39, 0.29) is 18.2 Å². The van der Waals surface area contributed by atoms with Crippen LogP contribution in [0.25, 0.3) is 10.1 Å². The Morgan fingerprint density at radius 2 is 1.95 bits per heavy atom. The first-order valence-electron chi connectivity index (χ1n) is 6.15. The molecule has 0 aliphatic carbocycles. The lowest BCUT2D eigenvalue weighted by molar-refractivity contribution is 0.628. The van der Waals surface area contributed by atoms with Gasteiger partial charge in [-0.1, -0.05) is 18.2 Å². The van der Waals surface area contributed by atoms with Gasteiger partial charge in [-0.05, 0) is 18.2 Å². The third-order valence-corrected chi connectivity index (χ3v) is 4.39. The summed E-state index contributed by atoms with van der Waals surface area (Å²) in [6.07, 6.45) is 0. The molecule has 2 aromatic carbocycles. The van der Waals surface area contributed by atoms with Gasteiger partial charge in [0, 0.05) is 16.2 Å². The highest BCUT2D eigenvalue weighted by Crippen LogP contribution is 2.41. The van der Waals surface area contributed by atoms with Gasteiger partial charge in [0.2, 0.25) is 0 Å². The summed E-state index contributed by atoms with van der Waals surface area (Å²) in [6, 6.07) is 12.5. The molecule has 0 atom stereocenters. The number of thiophene rings is 1. The molecule has 0 saturated carbocycles. The molecule has 0 fully saturated rings. The molecule has 3 N–H and O–H groups in total. The lowest BCUT2D eigenvalue weighted by Gasteiger charge is -2.05. The largest absolute Gasteiger partial charge is 0.383 e. The molecule has 0 saturated heterocycles. The monoisotopic (exact) mass is 319 g/mol. The summed E-state index contributed by atoms with van der Waals surface area (Å²) in [5, 5.41) is 5.31. The van der Waals surface area contributed by atoms with Crippen molar-refractivity contribution in [3.8, 4) is 0 Å². The summed E-state index contributed by atoms with van der Waals surface area (Å²) in [5.74, 6) is 0.0894. The summed E-state index contributed by atoms with van der Waals surface area (Å²) in [4.78, 5) is 4.36. The van der Waals surface area contributed by atoms with Crippen molar-refractivity contribution in [2.24, 2.45) is 10.7 Å². The molecule has 0 amide bonds. The first kappa shape index (κ1) is 13.9. The maximum absolute atomic E-state index is 13.3. The van der Waals surface area contributed by atoms with Crippen LogP contribution in [0.1, 0.15) is 5.56 Å². The average molecular weight is 320 g/mol. The minimum Gasteiger partial charge on any atom is -0.383 e. The summed E-state index contributed by atoms with van der Waals surface area (Å²) in [7, 11) is 0. The maximum atomic E-state index is 13.3. The van der Waals surface area contributed by atoms with E-state index in [2.05, 4.69) is 16.4 Å². The van der Waals surface area contributed by atoms with Crippen LogP contribution in [0.5, 0.6) is 0 Å². The first-order valence-corrected chi connectivity index (χ1v) is 6.96. The predicted molar refractivity (Wildman–Crippen MR) is 89.1 cm³/mol. The zero-order chi connectivity index (χ0) is 13.7. The molecule has 6 heteroatoms. The lowest BCUT2D eigenvalue weighted by Crippen LogP contribution is -2.12. The lowest BCUT2D eigenvalue weighted by atomic mass is 10.1. The SMILES string of the molecule is Cl.NC1=Nc2cc(F)ccc2Nc2sc3ccccc3c21. The second-order valence-electron chi connectivity index (χ2n) is 4.59. The zero-order valence-electron chi connectivity index (χ0n) is 10.8. The van der Waals surface area contributed by atoms with Crippen molar-refractivity contribution >= 4 is 56.0 Å². The molecule has 1 aromatic heterocycles. The average Bonchev–Trinajstić information content (AvgIpc) is 2.73. The minimum absolute atomic E-state index is 0. The Hall–Kier alpha value is -2.11. The van der Waals surface area contributed by atoms with Gasteiger partial charge in [0.1, 0.15) is 16.7 Å². The van der Waals surface area contributed by atoms with Gasteiger partial charge in [0.25, 0.3) is 0 Å². The van der Waals surface area contributed by atoms with Gasteiger partial charge < -0.3 is 11.1 Å². The van der Waals surface area contributed by atoms with E-state index >= 15 is 0 Å². The number of nitrogens with two attached hydrogens (primary N) is 1. The van der Waals surface area contributed by atoms with Crippen molar-refractivity contribution in [3.05, 3.63) is 53.8 Å². The summed E-state index contributed by atoms with van der Waals surface area (Å²) in [5.41, 5.74) is 8.29. The number of rotatable bonds is 0. The van der Waals surface area contributed by atoms with Crippen LogP contribution in [0.15, 0.2) is 47.5 Å². The van der Waals surface area contributed by atoms with Gasteiger partial charge >= 0.3 is 0 Å². The number of fused-ring (bicyclic) bond motifs is 4. The molecule has 3 aromatic rings. The van der Waals surface area contributed by atoms with Crippen molar-refractivity contribution in [2.45, 2.75) is 0 Å². The number of amidine groups is 1. The van der Waals surface area contributed by atoms with Crippen LogP contribution in [0.3, 0.4) is 0 Å². The smallest absolute Gasteiger partial charge is 0.135 e. The van der Waals surface area contributed by atoms with Crippen molar-refractivity contribution in [1.29, 1.82) is 0 Å². The molecule has 1 aliphatic heterocycles. The highest BCUT2D eigenvalue weighted by atomic mass is 35.5. The highest BCUT2D eigenvalue weighted by Gasteiger charge is 2.20.